The molecule has 134 valence electrons. The molecule has 2 atom stereocenters. The molecule has 1 N–H and O–H groups in total. The zero-order valence-electron chi connectivity index (χ0n) is 14.3. The van der Waals surface area contributed by atoms with E-state index in [2.05, 4.69) is 10.3 Å². The van der Waals surface area contributed by atoms with Crippen LogP contribution in [0, 0.1) is 5.41 Å². The molecule has 4 nitrogen and oxygen atoms in total. The highest BCUT2D eigenvalue weighted by atomic mass is 19.4. The average Bonchev–Trinajstić information content (AvgIpc) is 2.95. The van der Waals surface area contributed by atoms with Crippen LogP contribution < -0.4 is 10.1 Å². The van der Waals surface area contributed by atoms with Crippen molar-refractivity contribution >= 4 is 11.6 Å². The van der Waals surface area contributed by atoms with Gasteiger partial charge in [-0.25, -0.2) is 4.99 Å². The number of methoxy groups -OCH3 is 1. The second kappa shape index (κ2) is 6.91. The maximum absolute atomic E-state index is 13.3. The van der Waals surface area contributed by atoms with Gasteiger partial charge < -0.3 is 14.8 Å². The smallest absolute Gasteiger partial charge is 0.409 e. The minimum atomic E-state index is -4.41. The van der Waals surface area contributed by atoms with Crippen molar-refractivity contribution in [2.45, 2.75) is 45.5 Å². The molecule has 1 aromatic carbocycles. The Hall–Kier alpha value is -1.92. The van der Waals surface area contributed by atoms with Crippen LogP contribution in [0.1, 0.15) is 27.2 Å². The van der Waals surface area contributed by atoms with E-state index in [0.29, 0.717) is 18.0 Å². The lowest BCUT2D eigenvalue weighted by Crippen LogP contribution is -2.38. The fraction of sp³-hybridized carbons (Fsp3) is 0.588. The van der Waals surface area contributed by atoms with Crippen molar-refractivity contribution in [2.24, 2.45) is 10.4 Å². The predicted octanol–water partition coefficient (Wildman–Crippen LogP) is 4.27. The molecule has 0 radical (unpaired) electrons. The maximum atomic E-state index is 13.3. The number of hydrogen-bond acceptors (Lipinski definition) is 4. The Balaban J connectivity index is 2.09. The highest BCUT2D eigenvalue weighted by molar-refractivity contribution is 5.79. The minimum Gasteiger partial charge on any atom is -0.497 e. The predicted molar refractivity (Wildman–Crippen MR) is 87.7 cm³/mol. The van der Waals surface area contributed by atoms with Crippen molar-refractivity contribution < 1.29 is 22.6 Å². The summed E-state index contributed by atoms with van der Waals surface area (Å²) in [5.74, 6) is 0.735. The lowest BCUT2D eigenvalue weighted by atomic mass is 9.88. The summed E-state index contributed by atoms with van der Waals surface area (Å²) < 4.78 is 50.4. The van der Waals surface area contributed by atoms with E-state index in [-0.39, 0.29) is 23.8 Å². The number of nitrogens with zero attached hydrogens (tertiary/aromatic N) is 1. The van der Waals surface area contributed by atoms with Crippen molar-refractivity contribution in [1.29, 1.82) is 0 Å². The lowest BCUT2D eigenvalue weighted by molar-refractivity contribution is -0.141. The standard InChI is InChI=1S/C17H23F3N2O2/c1-16(2,3)14-10-24-15(22-14)9-13(17(18,19)20)21-11-5-7-12(23-4)8-6-11/h5-8,13-14,21H,9-10H2,1-4H3/t13-,14-/m1/s1. The van der Waals surface area contributed by atoms with Gasteiger partial charge in [-0.05, 0) is 29.7 Å². The largest absolute Gasteiger partial charge is 0.497 e. The van der Waals surface area contributed by atoms with Gasteiger partial charge in [-0.1, -0.05) is 20.8 Å². The van der Waals surface area contributed by atoms with Gasteiger partial charge >= 0.3 is 6.18 Å². The van der Waals surface area contributed by atoms with Gasteiger partial charge in [-0.3, -0.25) is 0 Å². The molecule has 0 amide bonds. The molecule has 0 aliphatic carbocycles. The molecule has 1 aliphatic rings. The zero-order chi connectivity index (χ0) is 18.0. The van der Waals surface area contributed by atoms with Gasteiger partial charge in [-0.15, -0.1) is 0 Å². The quantitative estimate of drug-likeness (QED) is 0.867. The number of halogens is 3. The second-order valence-corrected chi connectivity index (χ2v) is 6.89. The third-order valence-corrected chi connectivity index (χ3v) is 3.91. The van der Waals surface area contributed by atoms with Crippen LogP contribution in [0.5, 0.6) is 5.75 Å². The number of rotatable bonds is 5. The van der Waals surface area contributed by atoms with Crippen LogP contribution in [0.4, 0.5) is 18.9 Å². The number of aliphatic imine (C=N–C) groups is 1. The van der Waals surface area contributed by atoms with Crippen LogP contribution in [0.2, 0.25) is 0 Å². The van der Waals surface area contributed by atoms with Crippen LogP contribution in [0.15, 0.2) is 29.3 Å². The number of anilines is 1. The van der Waals surface area contributed by atoms with Gasteiger partial charge in [0.05, 0.1) is 19.6 Å². The summed E-state index contributed by atoms with van der Waals surface area (Å²) in [6, 6.07) is 4.43. The van der Waals surface area contributed by atoms with Crippen molar-refractivity contribution in [3.63, 3.8) is 0 Å². The van der Waals surface area contributed by atoms with Gasteiger partial charge in [0.25, 0.3) is 0 Å². The van der Waals surface area contributed by atoms with E-state index < -0.39 is 12.2 Å². The van der Waals surface area contributed by atoms with E-state index in [9.17, 15) is 13.2 Å². The Morgan fingerprint density at radius 3 is 2.33 bits per heavy atom. The summed E-state index contributed by atoms with van der Waals surface area (Å²) in [5.41, 5.74) is 0.225. The van der Waals surface area contributed by atoms with Gasteiger partial charge in [-0.2, -0.15) is 13.2 Å². The number of nitrogens with one attached hydrogen (secondary N) is 1. The Morgan fingerprint density at radius 2 is 1.88 bits per heavy atom. The summed E-state index contributed by atoms with van der Waals surface area (Å²) in [7, 11) is 1.50. The number of alkyl halides is 3. The highest BCUT2D eigenvalue weighted by Crippen LogP contribution is 2.31. The van der Waals surface area contributed by atoms with Gasteiger partial charge in [0.15, 0.2) is 5.90 Å². The Bertz CT molecular complexity index is 577. The van der Waals surface area contributed by atoms with Crippen LogP contribution >= 0.6 is 0 Å². The molecule has 7 heteroatoms. The minimum absolute atomic E-state index is 0.123. The third kappa shape index (κ3) is 4.79. The topological polar surface area (TPSA) is 42.8 Å². The summed E-state index contributed by atoms with van der Waals surface area (Å²) in [5, 5.41) is 2.51. The summed E-state index contributed by atoms with van der Waals surface area (Å²) >= 11 is 0. The van der Waals surface area contributed by atoms with E-state index in [4.69, 9.17) is 9.47 Å². The highest BCUT2D eigenvalue weighted by Gasteiger charge is 2.42. The maximum Gasteiger partial charge on any atom is 0.409 e. The molecule has 0 unspecified atom stereocenters. The van der Waals surface area contributed by atoms with Crippen LogP contribution in [-0.2, 0) is 4.74 Å². The molecule has 1 aromatic rings. The number of benzene rings is 1. The molecule has 1 heterocycles. The van der Waals surface area contributed by atoms with Crippen LogP contribution in [0.25, 0.3) is 0 Å². The third-order valence-electron chi connectivity index (χ3n) is 3.91. The summed E-state index contributed by atoms with van der Waals surface area (Å²) in [6.07, 6.45) is -4.74. The first kappa shape index (κ1) is 18.4. The molecule has 1 aliphatic heterocycles. The fourth-order valence-electron chi connectivity index (χ4n) is 2.29. The molecule has 2 rings (SSSR count). The molecular weight excluding hydrogens is 321 g/mol. The van der Waals surface area contributed by atoms with Crippen molar-refractivity contribution in [3.05, 3.63) is 24.3 Å². The van der Waals surface area contributed by atoms with Crippen molar-refractivity contribution in [3.8, 4) is 5.75 Å². The molecule has 0 fully saturated rings. The fourth-order valence-corrected chi connectivity index (χ4v) is 2.29. The second-order valence-electron chi connectivity index (χ2n) is 6.89. The SMILES string of the molecule is COc1ccc(N[C@H](CC2=N[C@@H](C(C)(C)C)CO2)C(F)(F)F)cc1. The molecular formula is C17H23F3N2O2. The number of hydrogen-bond donors (Lipinski definition) is 1. The van der Waals surface area contributed by atoms with E-state index >= 15 is 0 Å². The van der Waals surface area contributed by atoms with E-state index in [1.807, 2.05) is 20.8 Å². The first-order valence-corrected chi connectivity index (χ1v) is 7.76. The molecule has 0 aromatic heterocycles. The van der Waals surface area contributed by atoms with Gasteiger partial charge in [0.1, 0.15) is 18.4 Å². The van der Waals surface area contributed by atoms with Crippen molar-refractivity contribution in [2.75, 3.05) is 19.0 Å². The molecule has 0 bridgehead atoms. The van der Waals surface area contributed by atoms with Crippen LogP contribution in [0.3, 0.4) is 0 Å². The normalized spacial score (nSPS) is 19.5. The van der Waals surface area contributed by atoms with E-state index in [0.717, 1.165) is 0 Å². The zero-order valence-corrected chi connectivity index (χ0v) is 14.3. The van der Waals surface area contributed by atoms with E-state index in [1.165, 1.54) is 7.11 Å². The number of ether oxygens (including phenoxy) is 2. The molecule has 0 saturated carbocycles. The van der Waals surface area contributed by atoms with Gasteiger partial charge in [0.2, 0.25) is 0 Å². The Morgan fingerprint density at radius 1 is 1.25 bits per heavy atom. The Kier molecular flexibility index (Phi) is 5.30. The molecule has 0 saturated heterocycles. The van der Waals surface area contributed by atoms with Crippen LogP contribution in [-0.4, -0.2) is 37.9 Å². The summed E-state index contributed by atoms with van der Waals surface area (Å²) in [6.45, 7) is 6.30. The first-order chi connectivity index (χ1) is 11.1. The van der Waals surface area contributed by atoms with E-state index in [1.54, 1.807) is 24.3 Å². The van der Waals surface area contributed by atoms with Crippen molar-refractivity contribution in [1.82, 2.24) is 0 Å². The lowest BCUT2D eigenvalue weighted by Gasteiger charge is -2.22. The Labute approximate surface area is 140 Å². The molecule has 0 spiro atoms. The summed E-state index contributed by atoms with van der Waals surface area (Å²) in [4.78, 5) is 4.32. The monoisotopic (exact) mass is 344 g/mol. The first-order valence-electron chi connectivity index (χ1n) is 7.76. The molecule has 24 heavy (non-hydrogen) atoms. The van der Waals surface area contributed by atoms with Gasteiger partial charge in [0, 0.05) is 5.69 Å². The average molecular weight is 344 g/mol.